The van der Waals surface area contributed by atoms with E-state index in [0.717, 1.165) is 37.8 Å². The maximum atomic E-state index is 13.0. The van der Waals surface area contributed by atoms with Gasteiger partial charge in [0, 0.05) is 10.5 Å². The zero-order valence-corrected chi connectivity index (χ0v) is 13.1. The average Bonchev–Trinajstić information content (AvgIpc) is 2.80. The Kier molecular flexibility index (Phi) is 4.63. The van der Waals surface area contributed by atoms with E-state index in [9.17, 15) is 12.8 Å². The summed E-state index contributed by atoms with van der Waals surface area (Å²) in [6.07, 6.45) is 4.45. The van der Waals surface area contributed by atoms with E-state index >= 15 is 0 Å². The van der Waals surface area contributed by atoms with E-state index in [-0.39, 0.29) is 15.4 Å². The molecule has 1 saturated carbocycles. The van der Waals surface area contributed by atoms with Crippen LogP contribution in [-0.2, 0) is 10.0 Å². The summed E-state index contributed by atoms with van der Waals surface area (Å²) >= 11 is 3.10. The quantitative estimate of drug-likeness (QED) is 0.904. The molecule has 0 spiro atoms. The molecule has 0 aromatic heterocycles. The highest BCUT2D eigenvalue weighted by Crippen LogP contribution is 2.29. The maximum Gasteiger partial charge on any atom is 0.241 e. The summed E-state index contributed by atoms with van der Waals surface area (Å²) in [7, 11) is -3.61. The molecule has 1 aliphatic carbocycles. The van der Waals surface area contributed by atoms with Crippen molar-refractivity contribution in [2.45, 2.75) is 43.5 Å². The van der Waals surface area contributed by atoms with E-state index in [2.05, 4.69) is 20.7 Å². The topological polar surface area (TPSA) is 46.2 Å². The van der Waals surface area contributed by atoms with Crippen molar-refractivity contribution in [1.29, 1.82) is 0 Å². The largest absolute Gasteiger partial charge is 0.241 e. The van der Waals surface area contributed by atoms with E-state index < -0.39 is 15.8 Å². The fourth-order valence-corrected chi connectivity index (χ4v) is 4.92. The van der Waals surface area contributed by atoms with Crippen LogP contribution in [0, 0.1) is 11.7 Å². The molecule has 6 heteroatoms. The third-order valence-electron chi connectivity index (χ3n) is 3.63. The molecule has 0 saturated heterocycles. The van der Waals surface area contributed by atoms with Crippen molar-refractivity contribution in [2.75, 3.05) is 0 Å². The van der Waals surface area contributed by atoms with Gasteiger partial charge in [-0.25, -0.2) is 17.5 Å². The molecule has 0 aliphatic heterocycles. The summed E-state index contributed by atoms with van der Waals surface area (Å²) in [6.45, 7) is 1.89. The van der Waals surface area contributed by atoms with Gasteiger partial charge in [-0.05, 0) is 59.8 Å². The number of benzene rings is 1. The van der Waals surface area contributed by atoms with Crippen LogP contribution in [-0.4, -0.2) is 14.5 Å². The molecular formula is C13H17BrFNO2S. The molecule has 1 fully saturated rings. The van der Waals surface area contributed by atoms with Crippen molar-refractivity contribution in [3.8, 4) is 0 Å². The van der Waals surface area contributed by atoms with Crippen LogP contribution < -0.4 is 4.72 Å². The molecule has 1 atom stereocenters. The van der Waals surface area contributed by atoms with E-state index in [4.69, 9.17) is 0 Å². The Morgan fingerprint density at radius 3 is 2.58 bits per heavy atom. The van der Waals surface area contributed by atoms with Crippen molar-refractivity contribution >= 4 is 26.0 Å². The second-order valence-corrected chi connectivity index (χ2v) is 7.57. The van der Waals surface area contributed by atoms with Crippen molar-refractivity contribution in [3.05, 3.63) is 28.5 Å². The number of nitrogens with one attached hydrogen (secondary N) is 1. The minimum atomic E-state index is -3.61. The van der Waals surface area contributed by atoms with Gasteiger partial charge in [0.05, 0.1) is 4.90 Å². The lowest BCUT2D eigenvalue weighted by atomic mass is 10.0. The average molecular weight is 350 g/mol. The van der Waals surface area contributed by atoms with Gasteiger partial charge in [0.1, 0.15) is 5.82 Å². The molecule has 0 radical (unpaired) electrons. The highest BCUT2D eigenvalue weighted by atomic mass is 79.9. The van der Waals surface area contributed by atoms with Gasteiger partial charge in [-0.15, -0.1) is 0 Å². The van der Waals surface area contributed by atoms with Crippen LogP contribution in [0.3, 0.4) is 0 Å². The Morgan fingerprint density at radius 1 is 1.37 bits per heavy atom. The summed E-state index contributed by atoms with van der Waals surface area (Å²) < 4.78 is 40.5. The summed E-state index contributed by atoms with van der Waals surface area (Å²) in [6, 6.07) is 3.50. The fraction of sp³-hybridized carbons (Fsp3) is 0.538. The van der Waals surface area contributed by atoms with E-state index in [1.165, 1.54) is 6.07 Å². The molecule has 1 aromatic rings. The molecule has 0 bridgehead atoms. The van der Waals surface area contributed by atoms with Crippen LogP contribution in [0.2, 0.25) is 0 Å². The van der Waals surface area contributed by atoms with Gasteiger partial charge in [0.2, 0.25) is 10.0 Å². The first-order chi connectivity index (χ1) is 8.90. The predicted molar refractivity (Wildman–Crippen MR) is 75.8 cm³/mol. The molecule has 1 unspecified atom stereocenters. The Bertz CT molecular complexity index is 556. The Balaban J connectivity index is 2.17. The first-order valence-electron chi connectivity index (χ1n) is 6.37. The van der Waals surface area contributed by atoms with Crippen molar-refractivity contribution in [3.63, 3.8) is 0 Å². The van der Waals surface area contributed by atoms with Gasteiger partial charge < -0.3 is 0 Å². The first-order valence-corrected chi connectivity index (χ1v) is 8.65. The number of hydrogen-bond donors (Lipinski definition) is 1. The van der Waals surface area contributed by atoms with Gasteiger partial charge in [0.15, 0.2) is 0 Å². The molecule has 0 amide bonds. The SMILES string of the molecule is CC(NS(=O)(=O)c1ccc(F)cc1Br)C1CCCC1. The molecule has 3 nitrogen and oxygen atoms in total. The molecule has 1 N–H and O–H groups in total. The summed E-state index contributed by atoms with van der Waals surface area (Å²) in [5, 5.41) is 0. The van der Waals surface area contributed by atoms with Crippen LogP contribution in [0.5, 0.6) is 0 Å². The third-order valence-corrected chi connectivity index (χ3v) is 6.17. The van der Waals surface area contributed by atoms with Crippen LogP contribution >= 0.6 is 15.9 Å². The smallest absolute Gasteiger partial charge is 0.208 e. The van der Waals surface area contributed by atoms with Crippen molar-refractivity contribution in [1.82, 2.24) is 4.72 Å². The highest BCUT2D eigenvalue weighted by Gasteiger charge is 2.27. The van der Waals surface area contributed by atoms with Gasteiger partial charge >= 0.3 is 0 Å². The highest BCUT2D eigenvalue weighted by molar-refractivity contribution is 9.10. The zero-order valence-electron chi connectivity index (χ0n) is 10.7. The maximum absolute atomic E-state index is 13.0. The number of sulfonamides is 1. The number of hydrogen-bond acceptors (Lipinski definition) is 2. The number of halogens is 2. The molecule has 1 aliphatic rings. The normalized spacial score (nSPS) is 18.7. The molecule has 2 rings (SSSR count). The van der Waals surface area contributed by atoms with E-state index in [1.807, 2.05) is 6.92 Å². The minimum absolute atomic E-state index is 0.0822. The third kappa shape index (κ3) is 3.55. The van der Waals surface area contributed by atoms with Crippen LogP contribution in [0.15, 0.2) is 27.6 Å². The molecule has 0 heterocycles. The second-order valence-electron chi connectivity index (χ2n) is 5.03. The molecule has 106 valence electrons. The predicted octanol–water partition coefficient (Wildman–Crippen LogP) is 3.45. The standard InChI is InChI=1S/C13H17BrFNO2S/c1-9(10-4-2-3-5-10)16-19(17,18)13-7-6-11(15)8-12(13)14/h6-10,16H,2-5H2,1H3. The monoisotopic (exact) mass is 349 g/mol. The van der Waals surface area contributed by atoms with E-state index in [0.29, 0.717) is 5.92 Å². The minimum Gasteiger partial charge on any atom is -0.208 e. The molecule has 1 aromatic carbocycles. The van der Waals surface area contributed by atoms with Gasteiger partial charge in [-0.1, -0.05) is 12.8 Å². The van der Waals surface area contributed by atoms with Crippen LogP contribution in [0.25, 0.3) is 0 Å². The lowest BCUT2D eigenvalue weighted by molar-refractivity contribution is 0.424. The second kappa shape index (κ2) is 5.89. The Hall–Kier alpha value is -0.460. The van der Waals surface area contributed by atoms with Gasteiger partial charge in [-0.3, -0.25) is 0 Å². The summed E-state index contributed by atoms with van der Waals surface area (Å²) in [5.74, 6) is -0.0661. The molecular weight excluding hydrogens is 333 g/mol. The lowest BCUT2D eigenvalue weighted by Crippen LogP contribution is -2.37. The Labute approximate surface area is 121 Å². The molecule has 19 heavy (non-hydrogen) atoms. The zero-order chi connectivity index (χ0) is 14.0. The van der Waals surface area contributed by atoms with Crippen LogP contribution in [0.1, 0.15) is 32.6 Å². The van der Waals surface area contributed by atoms with Crippen molar-refractivity contribution < 1.29 is 12.8 Å². The van der Waals surface area contributed by atoms with E-state index in [1.54, 1.807) is 0 Å². The van der Waals surface area contributed by atoms with Crippen molar-refractivity contribution in [2.24, 2.45) is 5.92 Å². The number of rotatable bonds is 4. The first kappa shape index (κ1) is 14.9. The van der Waals surface area contributed by atoms with Gasteiger partial charge in [0.25, 0.3) is 0 Å². The van der Waals surface area contributed by atoms with Gasteiger partial charge in [-0.2, -0.15) is 0 Å². The lowest BCUT2D eigenvalue weighted by Gasteiger charge is -2.20. The summed E-state index contributed by atoms with van der Waals surface area (Å²) in [5.41, 5.74) is 0. The Morgan fingerprint density at radius 2 is 2.00 bits per heavy atom. The van der Waals surface area contributed by atoms with Crippen LogP contribution in [0.4, 0.5) is 4.39 Å². The fourth-order valence-electron chi connectivity index (χ4n) is 2.55. The summed E-state index contributed by atoms with van der Waals surface area (Å²) in [4.78, 5) is 0.0822.